The molecule has 6 heterocycles. The lowest BCUT2D eigenvalue weighted by atomic mass is 10.1. The lowest BCUT2D eigenvalue weighted by Crippen LogP contribution is -2.27. The molecular weight excluding hydrogens is 853 g/mol. The summed E-state index contributed by atoms with van der Waals surface area (Å²) in [5, 5.41) is 2.85. The van der Waals surface area contributed by atoms with Crippen molar-refractivity contribution in [3.05, 3.63) is 130 Å². The minimum absolute atomic E-state index is 1.03. The summed E-state index contributed by atoms with van der Waals surface area (Å²) < 4.78 is 99.8. The van der Waals surface area contributed by atoms with Crippen molar-refractivity contribution in [3.63, 3.8) is 0 Å². The van der Waals surface area contributed by atoms with Crippen LogP contribution in [-0.2, 0) is 83.1 Å². The number of rotatable bonds is 6. The van der Waals surface area contributed by atoms with Crippen LogP contribution in [-0.4, -0.2) is 109 Å². The monoisotopic (exact) mass is 904 g/mol. The topological polar surface area (TPSA) is 266 Å². The summed E-state index contributed by atoms with van der Waals surface area (Å²) in [5.41, 5.74) is 13.7. The van der Waals surface area contributed by atoms with Gasteiger partial charge in [-0.3, -0.25) is 37.3 Å². The van der Waals surface area contributed by atoms with Gasteiger partial charge in [0.2, 0.25) is 0 Å². The molecular formula is C40H52N6O12S3. The number of aryl methyl sites for hydroxylation is 6. The molecule has 0 amide bonds. The molecule has 61 heavy (non-hydrogen) atoms. The van der Waals surface area contributed by atoms with Gasteiger partial charge in [-0.1, -0.05) is 48.5 Å². The first kappa shape index (κ1) is 49.0. The molecule has 8 rings (SSSR count). The van der Waals surface area contributed by atoms with Gasteiger partial charge in [0, 0.05) is 109 Å². The van der Waals surface area contributed by atoms with Crippen LogP contribution in [0.4, 0.5) is 0 Å². The molecule has 0 saturated carbocycles. The number of aromatic nitrogens is 4. The zero-order valence-corrected chi connectivity index (χ0v) is 36.6. The molecule has 0 fully saturated rings. The summed E-state index contributed by atoms with van der Waals surface area (Å²) >= 11 is 0. The summed E-state index contributed by atoms with van der Waals surface area (Å²) in [6.07, 6.45) is 8.39. The van der Waals surface area contributed by atoms with Crippen molar-refractivity contribution in [2.75, 3.05) is 27.2 Å². The molecule has 2 aliphatic rings. The SMILES string of the molecule is Cc1ccc(CCn2c3c(c4ccccc42)CN(C)CC3)cn1.Cc1ccc(CCn2c3c(c4ccccc42)CN(C)CC3)cn1.O=S(=O)(O)O.O=S(=O)(O)O.O=S(=O)(O)O. The Morgan fingerprint density at radius 1 is 0.525 bits per heavy atom. The number of likely N-dealkylation sites (N-methyl/N-ethyl adjacent to an activating group) is 2. The highest BCUT2D eigenvalue weighted by Crippen LogP contribution is 2.32. The van der Waals surface area contributed by atoms with Gasteiger partial charge in [-0.15, -0.1) is 0 Å². The molecule has 2 aliphatic heterocycles. The van der Waals surface area contributed by atoms with E-state index >= 15 is 0 Å². The number of para-hydroxylation sites is 2. The second-order valence-electron chi connectivity index (χ2n) is 14.6. The van der Waals surface area contributed by atoms with E-state index in [2.05, 4.69) is 116 Å². The fraction of sp³-hybridized carbons (Fsp3) is 0.350. The Bertz CT molecular complexity index is 2480. The van der Waals surface area contributed by atoms with Gasteiger partial charge >= 0.3 is 31.2 Å². The Hall–Kier alpha value is -4.65. The van der Waals surface area contributed by atoms with Crippen molar-refractivity contribution in [2.24, 2.45) is 0 Å². The zero-order chi connectivity index (χ0) is 45.1. The van der Waals surface area contributed by atoms with E-state index in [1.807, 2.05) is 26.2 Å². The molecule has 332 valence electrons. The number of pyridine rings is 2. The lowest BCUT2D eigenvalue weighted by molar-refractivity contribution is 0.309. The van der Waals surface area contributed by atoms with Crippen molar-refractivity contribution >= 4 is 53.0 Å². The minimum Gasteiger partial charge on any atom is -0.344 e. The summed E-state index contributed by atoms with van der Waals surface area (Å²) in [4.78, 5) is 13.7. The Morgan fingerprint density at radius 3 is 1.16 bits per heavy atom. The van der Waals surface area contributed by atoms with Crippen LogP contribution in [0.15, 0.2) is 85.2 Å². The van der Waals surface area contributed by atoms with Crippen molar-refractivity contribution in [2.45, 2.75) is 65.7 Å². The molecule has 0 unspecified atom stereocenters. The van der Waals surface area contributed by atoms with Crippen LogP contribution in [0, 0.1) is 13.8 Å². The smallest absolute Gasteiger partial charge is 0.344 e. The fourth-order valence-electron chi connectivity index (χ4n) is 7.36. The van der Waals surface area contributed by atoms with Crippen LogP contribution in [0.25, 0.3) is 21.8 Å². The minimum atomic E-state index is -4.67. The van der Waals surface area contributed by atoms with Crippen LogP contribution in [0.2, 0.25) is 0 Å². The normalized spacial score (nSPS) is 14.2. The van der Waals surface area contributed by atoms with E-state index < -0.39 is 31.2 Å². The van der Waals surface area contributed by atoms with Gasteiger partial charge in [-0.25, -0.2) is 0 Å². The molecule has 0 spiro atoms. The number of nitrogens with zero attached hydrogens (tertiary/aromatic N) is 6. The maximum Gasteiger partial charge on any atom is 0.394 e. The predicted octanol–water partition coefficient (Wildman–Crippen LogP) is 5.19. The first-order valence-corrected chi connectivity index (χ1v) is 23.1. The molecule has 0 saturated heterocycles. The van der Waals surface area contributed by atoms with Crippen molar-refractivity contribution in [1.82, 2.24) is 28.9 Å². The summed E-state index contributed by atoms with van der Waals surface area (Å²) in [6, 6.07) is 26.3. The largest absolute Gasteiger partial charge is 0.394 e. The fourth-order valence-corrected chi connectivity index (χ4v) is 7.36. The van der Waals surface area contributed by atoms with Gasteiger partial charge in [-0.05, 0) is 87.3 Å². The van der Waals surface area contributed by atoms with Crippen LogP contribution in [0.1, 0.15) is 45.0 Å². The zero-order valence-electron chi connectivity index (χ0n) is 34.2. The molecule has 21 heteroatoms. The second kappa shape index (κ2) is 21.4. The molecule has 2 aromatic carbocycles. The average molecular weight is 905 g/mol. The Labute approximate surface area is 356 Å². The van der Waals surface area contributed by atoms with Crippen LogP contribution in [0.3, 0.4) is 0 Å². The van der Waals surface area contributed by atoms with E-state index in [-0.39, 0.29) is 0 Å². The Kier molecular flexibility index (Phi) is 17.2. The molecule has 0 aliphatic carbocycles. The Morgan fingerprint density at radius 2 is 0.852 bits per heavy atom. The van der Waals surface area contributed by atoms with E-state index in [1.54, 1.807) is 0 Å². The predicted molar refractivity (Wildman–Crippen MR) is 232 cm³/mol. The number of fused-ring (bicyclic) bond motifs is 6. The molecule has 6 N–H and O–H groups in total. The maximum absolute atomic E-state index is 8.74. The third kappa shape index (κ3) is 16.6. The third-order valence-corrected chi connectivity index (χ3v) is 9.90. The highest BCUT2D eigenvalue weighted by atomic mass is 32.3. The van der Waals surface area contributed by atoms with Gasteiger partial charge in [-0.2, -0.15) is 25.3 Å². The number of hydrogen-bond acceptors (Lipinski definition) is 10. The first-order chi connectivity index (χ1) is 28.4. The molecule has 18 nitrogen and oxygen atoms in total. The van der Waals surface area contributed by atoms with Gasteiger partial charge in [0.25, 0.3) is 0 Å². The van der Waals surface area contributed by atoms with Crippen LogP contribution in [0.5, 0.6) is 0 Å². The van der Waals surface area contributed by atoms with Crippen molar-refractivity contribution < 1.29 is 52.6 Å². The number of benzene rings is 2. The van der Waals surface area contributed by atoms with Gasteiger partial charge in [0.15, 0.2) is 0 Å². The summed E-state index contributed by atoms with van der Waals surface area (Å²) in [7, 11) is -9.57. The highest BCUT2D eigenvalue weighted by molar-refractivity contribution is 7.80. The first-order valence-electron chi connectivity index (χ1n) is 18.9. The standard InChI is InChI=1S/2C20H23N3.3H2O4S/c2*1-15-7-8-16(13-21-15)9-12-23-19-6-4-3-5-17(19)18-14-22(2)11-10-20(18)23;3*1-5(2,3)4/h2*3-8,13H,9-12,14H2,1-2H3;3*(H2,1,2,3,4). The van der Waals surface area contributed by atoms with Crippen molar-refractivity contribution in [1.29, 1.82) is 0 Å². The maximum atomic E-state index is 8.74. The van der Waals surface area contributed by atoms with Gasteiger partial charge in [0.05, 0.1) is 0 Å². The highest BCUT2D eigenvalue weighted by Gasteiger charge is 2.23. The molecule has 0 bridgehead atoms. The molecule has 4 aromatic heterocycles. The van der Waals surface area contributed by atoms with Crippen molar-refractivity contribution in [3.8, 4) is 0 Å². The van der Waals surface area contributed by atoms with E-state index in [1.165, 1.54) is 55.4 Å². The average Bonchev–Trinajstić information content (AvgIpc) is 3.64. The van der Waals surface area contributed by atoms with E-state index in [0.717, 1.165) is 76.3 Å². The van der Waals surface area contributed by atoms with Crippen LogP contribution < -0.4 is 0 Å². The van der Waals surface area contributed by atoms with Gasteiger partial charge in [0.1, 0.15) is 0 Å². The summed E-state index contributed by atoms with van der Waals surface area (Å²) in [6.45, 7) is 10.6. The third-order valence-electron chi connectivity index (χ3n) is 9.90. The second-order valence-corrected chi connectivity index (χ2v) is 17.3. The lowest BCUT2D eigenvalue weighted by Gasteiger charge is -2.24. The van der Waals surface area contributed by atoms with E-state index in [4.69, 9.17) is 52.6 Å². The number of hydrogen-bond donors (Lipinski definition) is 6. The molecule has 6 aromatic rings. The quantitative estimate of drug-likeness (QED) is 0.117. The summed E-state index contributed by atoms with van der Waals surface area (Å²) in [5.74, 6) is 0. The molecule has 0 radical (unpaired) electrons. The van der Waals surface area contributed by atoms with Gasteiger partial charge < -0.3 is 18.9 Å². The Balaban J connectivity index is 0.000000203. The van der Waals surface area contributed by atoms with E-state index in [9.17, 15) is 0 Å². The van der Waals surface area contributed by atoms with Crippen LogP contribution >= 0.6 is 0 Å². The molecule has 0 atom stereocenters. The van der Waals surface area contributed by atoms with E-state index in [0.29, 0.717) is 0 Å².